The average Bonchev–Trinajstić information content (AvgIpc) is 2.63. The van der Waals surface area contributed by atoms with Crippen LogP contribution in [0.1, 0.15) is 56.7 Å². The summed E-state index contributed by atoms with van der Waals surface area (Å²) in [4.78, 5) is 23.9. The van der Waals surface area contributed by atoms with Crippen LogP contribution in [0.3, 0.4) is 0 Å². The molecule has 2 aromatic rings. The Balaban J connectivity index is 1.94. The minimum Gasteiger partial charge on any atom is -0.349 e. The Labute approximate surface area is 156 Å². The molecule has 26 heavy (non-hydrogen) atoms. The number of unbranched alkanes of at least 4 members (excludes halogenated alkanes) is 2. The number of carbonyl (C=O) groups excluding carboxylic acids is 2. The van der Waals surface area contributed by atoms with Crippen molar-refractivity contribution in [2.24, 2.45) is 0 Å². The maximum absolute atomic E-state index is 12.4. The molecule has 0 aromatic heterocycles. The number of anilines is 1. The Hall–Kier alpha value is -2.62. The summed E-state index contributed by atoms with van der Waals surface area (Å²) in [5, 5.41) is 5.77. The monoisotopic (exact) mass is 352 g/mol. The minimum absolute atomic E-state index is 0.119. The summed E-state index contributed by atoms with van der Waals surface area (Å²) in [5.41, 5.74) is 2.99. The molecule has 2 amide bonds. The van der Waals surface area contributed by atoms with E-state index in [0.717, 1.165) is 17.7 Å². The fourth-order valence-electron chi connectivity index (χ4n) is 2.91. The number of rotatable bonds is 9. The molecule has 2 N–H and O–H groups in total. The number of benzene rings is 2. The molecule has 0 saturated carbocycles. The smallest absolute Gasteiger partial charge is 0.226 e. The number of carbonyl (C=O) groups is 2. The fraction of sp³-hybridized carbons (Fsp3) is 0.364. The quantitative estimate of drug-likeness (QED) is 0.647. The van der Waals surface area contributed by atoms with Gasteiger partial charge in [-0.25, -0.2) is 0 Å². The zero-order chi connectivity index (χ0) is 18.8. The van der Waals surface area contributed by atoms with Crippen molar-refractivity contribution in [2.45, 2.75) is 52.0 Å². The Morgan fingerprint density at radius 1 is 0.962 bits per heavy atom. The first-order valence-corrected chi connectivity index (χ1v) is 9.29. The van der Waals surface area contributed by atoms with Crippen LogP contribution in [0.25, 0.3) is 0 Å². The summed E-state index contributed by atoms with van der Waals surface area (Å²) in [6.45, 7) is 3.66. The standard InChI is InChI=1S/C22H28N2O2/c1-3-4-6-9-18-12-14-20(15-13-18)24-22(26)16-21(23-17(2)25)19-10-7-5-8-11-19/h5,7-8,10-15,21H,3-4,6,9,16H2,1-2H3,(H,23,25)(H,24,26). The van der Waals surface area contributed by atoms with Crippen molar-refractivity contribution in [1.82, 2.24) is 5.32 Å². The van der Waals surface area contributed by atoms with E-state index >= 15 is 0 Å². The van der Waals surface area contributed by atoms with Crippen LogP contribution >= 0.6 is 0 Å². The van der Waals surface area contributed by atoms with Gasteiger partial charge >= 0.3 is 0 Å². The van der Waals surface area contributed by atoms with Crippen molar-refractivity contribution in [3.63, 3.8) is 0 Å². The van der Waals surface area contributed by atoms with E-state index in [1.54, 1.807) is 0 Å². The third-order valence-corrected chi connectivity index (χ3v) is 4.28. The molecule has 0 spiro atoms. The van der Waals surface area contributed by atoms with Crippen LogP contribution in [0.5, 0.6) is 0 Å². The molecule has 1 atom stereocenters. The molecule has 0 radical (unpaired) electrons. The van der Waals surface area contributed by atoms with Crippen LogP contribution in [0, 0.1) is 0 Å². The molecule has 4 heteroatoms. The second-order valence-electron chi connectivity index (χ2n) is 6.57. The Bertz CT molecular complexity index is 696. The fourth-order valence-corrected chi connectivity index (χ4v) is 2.91. The van der Waals surface area contributed by atoms with E-state index < -0.39 is 0 Å². The van der Waals surface area contributed by atoms with Crippen molar-refractivity contribution in [2.75, 3.05) is 5.32 Å². The zero-order valence-corrected chi connectivity index (χ0v) is 15.6. The van der Waals surface area contributed by atoms with E-state index in [2.05, 4.69) is 29.7 Å². The van der Waals surface area contributed by atoms with Gasteiger partial charge in [0.2, 0.25) is 11.8 Å². The first-order valence-electron chi connectivity index (χ1n) is 9.29. The second kappa shape index (κ2) is 10.4. The number of hydrogen-bond acceptors (Lipinski definition) is 2. The van der Waals surface area contributed by atoms with Crippen molar-refractivity contribution in [3.8, 4) is 0 Å². The number of hydrogen-bond donors (Lipinski definition) is 2. The average molecular weight is 352 g/mol. The van der Waals surface area contributed by atoms with Crippen LogP contribution in [-0.4, -0.2) is 11.8 Å². The van der Waals surface area contributed by atoms with Crippen LogP contribution in [-0.2, 0) is 16.0 Å². The predicted molar refractivity (Wildman–Crippen MR) is 106 cm³/mol. The molecule has 1 unspecified atom stereocenters. The Morgan fingerprint density at radius 3 is 2.27 bits per heavy atom. The minimum atomic E-state index is -0.331. The maximum atomic E-state index is 12.4. The lowest BCUT2D eigenvalue weighted by molar-refractivity contribution is -0.120. The normalized spacial score (nSPS) is 11.6. The third-order valence-electron chi connectivity index (χ3n) is 4.28. The summed E-state index contributed by atoms with van der Waals surface area (Å²) < 4.78 is 0. The number of aryl methyl sites for hydroxylation is 1. The van der Waals surface area contributed by atoms with Gasteiger partial charge in [-0.1, -0.05) is 62.2 Å². The Kier molecular flexibility index (Phi) is 7.87. The van der Waals surface area contributed by atoms with Crippen LogP contribution < -0.4 is 10.6 Å². The summed E-state index contributed by atoms with van der Waals surface area (Å²) in [6.07, 6.45) is 4.91. The highest BCUT2D eigenvalue weighted by Gasteiger charge is 2.17. The zero-order valence-electron chi connectivity index (χ0n) is 15.6. The van der Waals surface area contributed by atoms with Crippen LogP contribution in [0.4, 0.5) is 5.69 Å². The molecule has 0 fully saturated rings. The van der Waals surface area contributed by atoms with Crippen LogP contribution in [0.2, 0.25) is 0 Å². The second-order valence-corrected chi connectivity index (χ2v) is 6.57. The SMILES string of the molecule is CCCCCc1ccc(NC(=O)CC(NC(C)=O)c2ccccc2)cc1. The van der Waals surface area contributed by atoms with Crippen LogP contribution in [0.15, 0.2) is 54.6 Å². The van der Waals surface area contributed by atoms with Crippen molar-refractivity contribution < 1.29 is 9.59 Å². The Morgan fingerprint density at radius 2 is 1.65 bits per heavy atom. The van der Waals surface area contributed by atoms with E-state index in [1.165, 1.54) is 31.7 Å². The molecule has 2 aromatic carbocycles. The lowest BCUT2D eigenvalue weighted by atomic mass is 10.0. The summed E-state index contributed by atoms with van der Waals surface area (Å²) >= 11 is 0. The summed E-state index contributed by atoms with van der Waals surface area (Å²) in [7, 11) is 0. The molecule has 0 saturated heterocycles. The predicted octanol–water partition coefficient (Wildman–Crippen LogP) is 4.63. The van der Waals surface area contributed by atoms with Gasteiger partial charge in [0.1, 0.15) is 0 Å². The van der Waals surface area contributed by atoms with E-state index in [4.69, 9.17) is 0 Å². The lowest BCUT2D eigenvalue weighted by Gasteiger charge is -2.18. The molecular weight excluding hydrogens is 324 g/mol. The third kappa shape index (κ3) is 6.71. The molecule has 4 nitrogen and oxygen atoms in total. The van der Waals surface area contributed by atoms with Gasteiger partial charge in [-0.15, -0.1) is 0 Å². The summed E-state index contributed by atoms with van der Waals surface area (Å²) in [6, 6.07) is 17.2. The topological polar surface area (TPSA) is 58.2 Å². The highest BCUT2D eigenvalue weighted by molar-refractivity contribution is 5.91. The van der Waals surface area contributed by atoms with Gasteiger partial charge in [0, 0.05) is 12.6 Å². The van der Waals surface area contributed by atoms with Gasteiger partial charge in [-0.3, -0.25) is 9.59 Å². The molecule has 0 aliphatic rings. The highest BCUT2D eigenvalue weighted by atomic mass is 16.2. The number of amides is 2. The van der Waals surface area contributed by atoms with Crippen molar-refractivity contribution in [3.05, 3.63) is 65.7 Å². The first-order chi connectivity index (χ1) is 12.6. The van der Waals surface area contributed by atoms with E-state index in [0.29, 0.717) is 0 Å². The molecule has 0 bridgehead atoms. The van der Waals surface area contributed by atoms with E-state index in [1.807, 2.05) is 42.5 Å². The van der Waals surface area contributed by atoms with Gasteiger partial charge in [0.05, 0.1) is 12.5 Å². The molecule has 2 rings (SSSR count). The van der Waals surface area contributed by atoms with Gasteiger partial charge in [-0.2, -0.15) is 0 Å². The molecular formula is C22H28N2O2. The highest BCUT2D eigenvalue weighted by Crippen LogP contribution is 2.18. The van der Waals surface area contributed by atoms with Gasteiger partial charge in [0.15, 0.2) is 0 Å². The van der Waals surface area contributed by atoms with E-state index in [-0.39, 0.29) is 24.3 Å². The molecule has 0 heterocycles. The van der Waals surface area contributed by atoms with Gasteiger partial charge in [-0.05, 0) is 36.1 Å². The van der Waals surface area contributed by atoms with Gasteiger partial charge in [0.25, 0.3) is 0 Å². The van der Waals surface area contributed by atoms with Gasteiger partial charge < -0.3 is 10.6 Å². The largest absolute Gasteiger partial charge is 0.349 e. The van der Waals surface area contributed by atoms with Crippen molar-refractivity contribution in [1.29, 1.82) is 0 Å². The number of nitrogens with one attached hydrogen (secondary N) is 2. The molecule has 138 valence electrons. The maximum Gasteiger partial charge on any atom is 0.226 e. The molecule has 0 aliphatic carbocycles. The lowest BCUT2D eigenvalue weighted by Crippen LogP contribution is -2.29. The molecule has 0 aliphatic heterocycles. The summed E-state index contributed by atoms with van der Waals surface area (Å²) in [5.74, 6) is -0.269. The van der Waals surface area contributed by atoms with Crippen molar-refractivity contribution >= 4 is 17.5 Å². The first kappa shape index (κ1) is 19.7. The van der Waals surface area contributed by atoms with E-state index in [9.17, 15) is 9.59 Å².